The smallest absolute Gasteiger partial charge is 0.337 e. The molecule has 0 saturated heterocycles. The van der Waals surface area contributed by atoms with Gasteiger partial charge in [-0.25, -0.2) is 24.2 Å². The number of aromatic amines is 1. The maximum atomic E-state index is 14.6. The van der Waals surface area contributed by atoms with Crippen molar-refractivity contribution in [2.24, 2.45) is 14.1 Å². The number of methoxy groups -OCH3 is 1. The molecule has 1 N–H and O–H groups in total. The van der Waals surface area contributed by atoms with E-state index in [0.29, 0.717) is 53.0 Å². The van der Waals surface area contributed by atoms with Crippen LogP contribution in [0, 0.1) is 6.92 Å². The second kappa shape index (κ2) is 15.4. The molecule has 2 aliphatic rings. The number of H-pyrrole nitrogens is 1. The Morgan fingerprint density at radius 2 is 1.25 bits per heavy atom. The van der Waals surface area contributed by atoms with Gasteiger partial charge in [0.15, 0.2) is 11.6 Å². The normalized spacial score (nSPS) is 16.9. The van der Waals surface area contributed by atoms with E-state index in [2.05, 4.69) is 61.3 Å². The van der Waals surface area contributed by atoms with Crippen molar-refractivity contribution in [3.8, 4) is 11.4 Å². The number of aryl methyl sites for hydroxylation is 1. The van der Waals surface area contributed by atoms with Crippen LogP contribution in [0.4, 0.5) is 23.0 Å². The molecule has 51 heavy (non-hydrogen) atoms. The topological polar surface area (TPSA) is 134 Å². The molecule has 0 saturated carbocycles. The number of nitrogens with zero attached hydrogens (tertiary/aromatic N) is 8. The average molecular weight is 708 g/mol. The molecule has 0 radical (unpaired) electrons. The van der Waals surface area contributed by atoms with Crippen LogP contribution in [0.15, 0.2) is 31.4 Å². The third kappa shape index (κ3) is 6.03. The number of hydrogen-bond acceptors (Lipinski definition) is 10. The first-order valence-electron chi connectivity index (χ1n) is 18.8. The number of anilines is 4. The van der Waals surface area contributed by atoms with Crippen molar-refractivity contribution in [1.29, 1.82) is 0 Å². The van der Waals surface area contributed by atoms with Gasteiger partial charge >= 0.3 is 11.4 Å². The molecular formula is C37H57N9O5. The van der Waals surface area contributed by atoms with Crippen LogP contribution in [0.1, 0.15) is 111 Å². The highest BCUT2D eigenvalue weighted by Crippen LogP contribution is 2.49. The first-order valence-corrected chi connectivity index (χ1v) is 18.8. The molecule has 2 atom stereocenters. The zero-order valence-electron chi connectivity index (χ0n) is 32.2. The number of aromatic nitrogens is 5. The summed E-state index contributed by atoms with van der Waals surface area (Å²) in [5, 5.41) is 4.03. The maximum absolute atomic E-state index is 14.6. The Balaban J connectivity index is 1.98. The van der Waals surface area contributed by atoms with Crippen LogP contribution in [-0.2, 0) is 14.1 Å². The molecule has 5 heterocycles. The van der Waals surface area contributed by atoms with Crippen molar-refractivity contribution in [2.45, 2.75) is 137 Å². The Morgan fingerprint density at radius 3 is 1.76 bits per heavy atom. The lowest BCUT2D eigenvalue weighted by molar-refractivity contribution is 0.401. The Morgan fingerprint density at radius 1 is 0.745 bits per heavy atom. The predicted octanol–water partition coefficient (Wildman–Crippen LogP) is 4.91. The number of hydrogen-bond donors (Lipinski definition) is 1. The number of fused-ring (bicyclic) bond motifs is 2. The van der Waals surface area contributed by atoms with Crippen molar-refractivity contribution in [1.82, 2.24) is 23.7 Å². The van der Waals surface area contributed by atoms with Gasteiger partial charge in [0.2, 0.25) is 0 Å². The summed E-state index contributed by atoms with van der Waals surface area (Å²) in [6.45, 7) is 14.5. The highest BCUT2D eigenvalue weighted by molar-refractivity contribution is 5.83. The summed E-state index contributed by atoms with van der Waals surface area (Å²) in [5.41, 5.74) is -0.0527. The molecule has 280 valence electrons. The molecule has 3 aromatic heterocycles. The summed E-state index contributed by atoms with van der Waals surface area (Å²) < 4.78 is 9.70. The largest absolute Gasteiger partial charge is 0.494 e. The second-order valence-electron chi connectivity index (χ2n) is 13.8. The van der Waals surface area contributed by atoms with Crippen molar-refractivity contribution in [3.63, 3.8) is 0 Å². The van der Waals surface area contributed by atoms with E-state index >= 15 is 0 Å². The van der Waals surface area contributed by atoms with E-state index in [4.69, 9.17) is 4.74 Å². The van der Waals surface area contributed by atoms with Crippen molar-refractivity contribution in [3.05, 3.63) is 59.6 Å². The molecule has 2 unspecified atom stereocenters. The minimum atomic E-state index is -0.547. The minimum Gasteiger partial charge on any atom is -0.494 e. The Kier molecular flexibility index (Phi) is 11.4. The van der Waals surface area contributed by atoms with Gasteiger partial charge < -0.3 is 14.5 Å². The molecule has 0 fully saturated rings. The maximum Gasteiger partial charge on any atom is 0.337 e. The average Bonchev–Trinajstić information content (AvgIpc) is 3.62. The fraction of sp³-hybridized carbons (Fsp3) is 0.649. The van der Waals surface area contributed by atoms with Crippen LogP contribution in [-0.4, -0.2) is 55.2 Å². The highest BCUT2D eigenvalue weighted by Gasteiger charge is 2.52. The van der Waals surface area contributed by atoms with E-state index in [1.807, 2.05) is 16.9 Å². The summed E-state index contributed by atoms with van der Waals surface area (Å²) in [6.07, 6.45) is 8.97. The van der Waals surface area contributed by atoms with Gasteiger partial charge in [0.1, 0.15) is 35.1 Å². The molecule has 5 rings (SSSR count). The van der Waals surface area contributed by atoms with Crippen molar-refractivity contribution >= 4 is 23.0 Å². The molecule has 14 heteroatoms. The number of ether oxygens (including phenoxy) is 1. The van der Waals surface area contributed by atoms with E-state index in [1.165, 1.54) is 18.7 Å². The zero-order chi connectivity index (χ0) is 37.3. The molecular weight excluding hydrogens is 650 g/mol. The van der Waals surface area contributed by atoms with Crippen LogP contribution in [0.3, 0.4) is 0 Å². The lowest BCUT2D eigenvalue weighted by Crippen LogP contribution is -2.60. The van der Waals surface area contributed by atoms with Crippen LogP contribution >= 0.6 is 0 Å². The second-order valence-corrected chi connectivity index (χ2v) is 13.8. The SMILES string of the molecule is CCCC(CCC)N1c2c([nH]c(=O)n(C)c2=O)N(N2c3c(c(=O)n(C)c(=O)n3-c3c(OC)ccnc3C)N(C(CCC)CCC)C2CC)C1CC. The van der Waals surface area contributed by atoms with Gasteiger partial charge in [0.05, 0.1) is 12.8 Å². The standard InChI is InChI=1S/C37H57N9O5/c1-11-17-24(18-12-2)42-27(15-5)45(32-30(42)34(47)40(8)36(49)39-32)46-28(16-6)43(25(19-13-3)20-14-4)31-33(46)44(37(50)41(9)35(31)48)29-23(7)38-22-21-26(29)51-10/h21-22,24-25,27-28H,11-20H2,1-10H3,(H,39,49). The molecule has 0 bridgehead atoms. The van der Waals surface area contributed by atoms with E-state index in [0.717, 1.165) is 55.9 Å². The van der Waals surface area contributed by atoms with Crippen molar-refractivity contribution < 1.29 is 4.74 Å². The number of pyridine rings is 1. The summed E-state index contributed by atoms with van der Waals surface area (Å²) >= 11 is 0. The molecule has 3 aromatic rings. The number of hydrazine groups is 1. The fourth-order valence-electron chi connectivity index (χ4n) is 8.38. The van der Waals surface area contributed by atoms with E-state index in [1.54, 1.807) is 23.9 Å². The van der Waals surface area contributed by atoms with Crippen LogP contribution in [0.25, 0.3) is 5.69 Å². The molecule has 14 nitrogen and oxygen atoms in total. The Labute approximate surface area is 300 Å². The number of nitrogens with one attached hydrogen (secondary N) is 1. The van der Waals surface area contributed by atoms with Gasteiger partial charge in [-0.3, -0.25) is 28.7 Å². The molecule has 2 aliphatic heterocycles. The minimum absolute atomic E-state index is 0.0156. The summed E-state index contributed by atoms with van der Waals surface area (Å²) in [6, 6.07) is 1.71. The van der Waals surface area contributed by atoms with E-state index in [-0.39, 0.29) is 17.6 Å². The first kappa shape index (κ1) is 37.8. The van der Waals surface area contributed by atoms with E-state index in [9.17, 15) is 19.2 Å². The van der Waals surface area contributed by atoms with Gasteiger partial charge in [-0.05, 0) is 45.4 Å². The monoisotopic (exact) mass is 707 g/mol. The lowest BCUT2D eigenvalue weighted by atomic mass is 10.0. The van der Waals surface area contributed by atoms with Gasteiger partial charge in [-0.15, -0.1) is 0 Å². The van der Waals surface area contributed by atoms with Crippen molar-refractivity contribution in [2.75, 3.05) is 26.9 Å². The van der Waals surface area contributed by atoms with Gasteiger partial charge in [-0.2, -0.15) is 0 Å². The van der Waals surface area contributed by atoms with Crippen LogP contribution in [0.5, 0.6) is 5.75 Å². The Bertz CT molecular complexity index is 1950. The third-order valence-electron chi connectivity index (χ3n) is 10.6. The molecule has 0 spiro atoms. The predicted molar refractivity (Wildman–Crippen MR) is 204 cm³/mol. The lowest BCUT2D eigenvalue weighted by Gasteiger charge is -2.45. The number of rotatable bonds is 15. The highest BCUT2D eigenvalue weighted by atomic mass is 16.5. The van der Waals surface area contributed by atoms with Crippen LogP contribution < -0.4 is 47.1 Å². The quantitative estimate of drug-likeness (QED) is 0.232. The molecule has 0 aromatic carbocycles. The van der Waals surface area contributed by atoms with Gasteiger partial charge in [0.25, 0.3) is 11.1 Å². The first-order chi connectivity index (χ1) is 24.5. The zero-order valence-corrected chi connectivity index (χ0v) is 32.2. The third-order valence-corrected chi connectivity index (χ3v) is 10.6. The summed E-state index contributed by atoms with van der Waals surface area (Å²) in [4.78, 5) is 69.0. The molecule has 0 amide bonds. The van der Waals surface area contributed by atoms with Crippen LogP contribution in [0.2, 0.25) is 0 Å². The Hall–Kier alpha value is -4.49. The summed E-state index contributed by atoms with van der Waals surface area (Å²) in [7, 11) is 4.56. The van der Waals surface area contributed by atoms with E-state index < -0.39 is 29.3 Å². The van der Waals surface area contributed by atoms with Gasteiger partial charge in [0, 0.05) is 38.4 Å². The fourth-order valence-corrected chi connectivity index (χ4v) is 8.38. The van der Waals surface area contributed by atoms with Gasteiger partial charge in [-0.1, -0.05) is 67.2 Å². The molecule has 0 aliphatic carbocycles. The summed E-state index contributed by atoms with van der Waals surface area (Å²) in [5.74, 6) is 1.17.